The molecule has 0 fully saturated rings. The molecule has 0 saturated carbocycles. The molecule has 0 saturated heterocycles. The molecule has 0 aliphatic carbocycles. The number of ether oxygens (including phenoxy) is 2. The Balaban J connectivity index is 0.00000480. The second kappa shape index (κ2) is 13.8. The highest BCUT2D eigenvalue weighted by atomic mass is 35.5. The van der Waals surface area contributed by atoms with Crippen LogP contribution >= 0.6 is 0 Å². The third kappa shape index (κ3) is 7.77. The molecule has 4 nitrogen and oxygen atoms in total. The summed E-state index contributed by atoms with van der Waals surface area (Å²) in [6, 6.07) is 18.9. The van der Waals surface area contributed by atoms with Crippen LogP contribution in [0.1, 0.15) is 52.2 Å². The van der Waals surface area contributed by atoms with E-state index in [1.807, 2.05) is 30.3 Å². The van der Waals surface area contributed by atoms with Crippen LogP contribution in [0, 0.1) is 11.8 Å². The van der Waals surface area contributed by atoms with Gasteiger partial charge in [-0.25, -0.2) is 0 Å². The molecule has 0 aromatic heterocycles. The van der Waals surface area contributed by atoms with E-state index >= 15 is 0 Å². The summed E-state index contributed by atoms with van der Waals surface area (Å²) in [5, 5.41) is 0. The SMILES string of the molecule is CC[N+](C)(C)C(CC(C)C)(OCCOc1ccccc1)c1ccccc1CC(C)C.O.[Cl-]. The van der Waals surface area contributed by atoms with E-state index in [9.17, 15) is 0 Å². The Morgan fingerprint density at radius 1 is 0.844 bits per heavy atom. The van der Waals surface area contributed by atoms with Crippen molar-refractivity contribution in [2.75, 3.05) is 33.9 Å². The van der Waals surface area contributed by atoms with E-state index in [2.05, 4.69) is 73.0 Å². The molecule has 2 aromatic rings. The molecule has 1 unspecified atom stereocenters. The third-order valence-electron chi connectivity index (χ3n) is 5.96. The Morgan fingerprint density at radius 3 is 2.00 bits per heavy atom. The van der Waals surface area contributed by atoms with Crippen molar-refractivity contribution in [1.82, 2.24) is 0 Å². The smallest absolute Gasteiger partial charge is 0.230 e. The number of benzene rings is 2. The van der Waals surface area contributed by atoms with Crippen LogP contribution in [-0.2, 0) is 16.9 Å². The van der Waals surface area contributed by atoms with Crippen molar-refractivity contribution in [1.29, 1.82) is 0 Å². The number of hydrogen-bond acceptors (Lipinski definition) is 2. The first-order chi connectivity index (χ1) is 14.2. The topological polar surface area (TPSA) is 50.0 Å². The number of rotatable bonds is 12. The monoisotopic (exact) mass is 465 g/mol. The highest BCUT2D eigenvalue weighted by Crippen LogP contribution is 2.42. The third-order valence-corrected chi connectivity index (χ3v) is 5.96. The summed E-state index contributed by atoms with van der Waals surface area (Å²) >= 11 is 0. The Labute approximate surface area is 202 Å². The Kier molecular flexibility index (Phi) is 13.2. The van der Waals surface area contributed by atoms with Crippen LogP contribution < -0.4 is 17.1 Å². The van der Waals surface area contributed by atoms with Crippen LogP contribution in [0.3, 0.4) is 0 Å². The Hall–Kier alpha value is -1.59. The molecular weight excluding hydrogens is 422 g/mol. The van der Waals surface area contributed by atoms with Crippen LogP contribution in [0.4, 0.5) is 0 Å². The molecule has 0 aliphatic rings. The second-order valence-electron chi connectivity index (χ2n) is 9.65. The number of nitrogens with zero attached hydrogens (tertiary/aromatic N) is 1. The lowest BCUT2D eigenvalue weighted by atomic mass is 9.84. The van der Waals surface area contributed by atoms with Gasteiger partial charge in [0, 0.05) is 12.0 Å². The normalized spacial score (nSPS) is 13.3. The van der Waals surface area contributed by atoms with Crippen molar-refractivity contribution >= 4 is 0 Å². The molecular formula is C27H44ClNO3. The van der Waals surface area contributed by atoms with E-state index in [1.165, 1.54) is 11.1 Å². The summed E-state index contributed by atoms with van der Waals surface area (Å²) in [7, 11) is 4.60. The average Bonchev–Trinajstić information content (AvgIpc) is 2.70. The fraction of sp³-hybridized carbons (Fsp3) is 0.556. The summed E-state index contributed by atoms with van der Waals surface area (Å²) in [5.41, 5.74) is 2.32. The minimum absolute atomic E-state index is 0. The number of halogens is 1. The van der Waals surface area contributed by atoms with E-state index in [-0.39, 0.29) is 17.9 Å². The largest absolute Gasteiger partial charge is 1.00 e. The Bertz CT molecular complexity index is 765. The maximum atomic E-state index is 6.87. The first-order valence-corrected chi connectivity index (χ1v) is 11.4. The van der Waals surface area contributed by atoms with E-state index in [0.29, 0.717) is 25.0 Å². The highest BCUT2D eigenvalue weighted by Gasteiger charge is 2.49. The van der Waals surface area contributed by atoms with Gasteiger partial charge in [-0.15, -0.1) is 0 Å². The van der Waals surface area contributed by atoms with Crippen molar-refractivity contribution in [2.24, 2.45) is 11.8 Å². The van der Waals surface area contributed by atoms with Gasteiger partial charge < -0.3 is 27.4 Å². The van der Waals surface area contributed by atoms with Gasteiger partial charge in [0.2, 0.25) is 5.72 Å². The first-order valence-electron chi connectivity index (χ1n) is 11.4. The van der Waals surface area contributed by atoms with Gasteiger partial charge >= 0.3 is 0 Å². The molecule has 182 valence electrons. The number of hydrogen-bond donors (Lipinski definition) is 0. The zero-order valence-electron chi connectivity index (χ0n) is 21.0. The summed E-state index contributed by atoms with van der Waals surface area (Å²) in [5.74, 6) is 2.00. The van der Waals surface area contributed by atoms with Crippen LogP contribution in [0.5, 0.6) is 5.75 Å². The highest BCUT2D eigenvalue weighted by molar-refractivity contribution is 5.32. The summed E-state index contributed by atoms with van der Waals surface area (Å²) < 4.78 is 13.6. The molecule has 0 heterocycles. The lowest BCUT2D eigenvalue weighted by Gasteiger charge is -2.49. The minimum Gasteiger partial charge on any atom is -1.00 e. The first kappa shape index (κ1) is 30.4. The van der Waals surface area contributed by atoms with Gasteiger partial charge in [0.15, 0.2) is 0 Å². The lowest BCUT2D eigenvalue weighted by molar-refractivity contribution is -0.977. The van der Waals surface area contributed by atoms with Crippen molar-refractivity contribution in [2.45, 2.75) is 53.2 Å². The molecule has 0 bridgehead atoms. The van der Waals surface area contributed by atoms with Gasteiger partial charge in [-0.3, -0.25) is 4.48 Å². The zero-order valence-corrected chi connectivity index (χ0v) is 21.8. The lowest BCUT2D eigenvalue weighted by Crippen LogP contribution is -3.00. The quantitative estimate of drug-likeness (QED) is 0.274. The summed E-state index contributed by atoms with van der Waals surface area (Å²) in [6.45, 7) is 13.5. The standard InChI is InChI=1S/C27H42NO2.ClH.H2O/c1-8-28(6,7)27(21-23(4)5,26-17-13-12-14-24(26)20-22(2)3)30-19-18-29-25-15-10-9-11-16-25;;/h9-17,22-23H,8,18-21H2,1-7H3;1H;1H2/q+1;;/p-1. The maximum absolute atomic E-state index is 6.87. The minimum atomic E-state index is -0.408. The van der Waals surface area contributed by atoms with Crippen molar-refractivity contribution in [3.05, 3.63) is 65.7 Å². The fourth-order valence-corrected chi connectivity index (χ4v) is 4.21. The van der Waals surface area contributed by atoms with Gasteiger partial charge in [-0.05, 0) is 48.9 Å². The molecule has 0 radical (unpaired) electrons. The number of quaternary nitrogens is 1. The van der Waals surface area contributed by atoms with Crippen molar-refractivity contribution in [3.63, 3.8) is 0 Å². The van der Waals surface area contributed by atoms with E-state index in [1.54, 1.807) is 0 Å². The molecule has 0 amide bonds. The molecule has 2 N–H and O–H groups in total. The molecule has 0 aliphatic heterocycles. The zero-order chi connectivity index (χ0) is 22.2. The molecule has 32 heavy (non-hydrogen) atoms. The molecule has 0 spiro atoms. The predicted octanol–water partition coefficient (Wildman–Crippen LogP) is 2.46. The van der Waals surface area contributed by atoms with E-state index in [0.717, 1.165) is 29.6 Å². The van der Waals surface area contributed by atoms with Crippen molar-refractivity contribution < 1.29 is 31.8 Å². The van der Waals surface area contributed by atoms with Gasteiger partial charge in [-0.2, -0.15) is 0 Å². The maximum Gasteiger partial charge on any atom is 0.230 e. The molecule has 5 heteroatoms. The second-order valence-corrected chi connectivity index (χ2v) is 9.65. The van der Waals surface area contributed by atoms with Crippen molar-refractivity contribution in [3.8, 4) is 5.75 Å². The summed E-state index contributed by atoms with van der Waals surface area (Å²) in [6.07, 6.45) is 2.03. The van der Waals surface area contributed by atoms with E-state index < -0.39 is 5.72 Å². The van der Waals surface area contributed by atoms with Gasteiger partial charge in [0.05, 0.1) is 27.2 Å². The molecule has 2 rings (SSSR count). The molecule has 1 atom stereocenters. The van der Waals surface area contributed by atoms with E-state index in [4.69, 9.17) is 9.47 Å². The fourth-order valence-electron chi connectivity index (χ4n) is 4.21. The summed E-state index contributed by atoms with van der Waals surface area (Å²) in [4.78, 5) is 0. The number of para-hydroxylation sites is 1. The predicted molar refractivity (Wildman–Crippen MR) is 130 cm³/mol. The van der Waals surface area contributed by atoms with Gasteiger partial charge in [-0.1, -0.05) is 64.1 Å². The molecule has 2 aromatic carbocycles. The van der Waals surface area contributed by atoms with Gasteiger partial charge in [0.25, 0.3) is 0 Å². The Morgan fingerprint density at radius 2 is 1.44 bits per heavy atom. The van der Waals surface area contributed by atoms with Crippen LogP contribution in [0.2, 0.25) is 0 Å². The van der Waals surface area contributed by atoms with Gasteiger partial charge in [0.1, 0.15) is 12.4 Å². The average molecular weight is 466 g/mol. The van der Waals surface area contributed by atoms with Crippen LogP contribution in [-0.4, -0.2) is 43.8 Å². The van der Waals surface area contributed by atoms with Crippen LogP contribution in [0.15, 0.2) is 54.6 Å². The van der Waals surface area contributed by atoms with Crippen LogP contribution in [0.25, 0.3) is 0 Å².